The summed E-state index contributed by atoms with van der Waals surface area (Å²) in [6.07, 6.45) is 11.2. The molecule has 2 aliphatic carbocycles. The Balaban J connectivity index is 1.28. The Morgan fingerprint density at radius 1 is 1.10 bits per heavy atom. The Labute approximate surface area is 127 Å². The first kappa shape index (κ1) is 13.9. The maximum atomic E-state index is 6.20. The predicted molar refractivity (Wildman–Crippen MR) is 85.2 cm³/mol. The van der Waals surface area contributed by atoms with Crippen molar-refractivity contribution in [3.05, 3.63) is 0 Å². The van der Waals surface area contributed by atoms with Gasteiger partial charge in [0.2, 0.25) is 0 Å². The smallest absolute Gasteiger partial charge is 0.0713 e. The fourth-order valence-electron chi connectivity index (χ4n) is 5.24. The zero-order valence-electron chi connectivity index (χ0n) is 12.6. The van der Waals surface area contributed by atoms with Crippen LogP contribution in [0.2, 0.25) is 0 Å². The fourth-order valence-corrected chi connectivity index (χ4v) is 6.48. The molecule has 1 spiro atoms. The SMILES string of the molecule is C1CC(NCC2CC3CCC2C3)CC2(CCSCC2)O1. The first-order valence-corrected chi connectivity index (χ1v) is 9.94. The summed E-state index contributed by atoms with van der Waals surface area (Å²) >= 11 is 2.11. The van der Waals surface area contributed by atoms with Crippen molar-refractivity contribution in [3.8, 4) is 0 Å². The molecule has 2 saturated heterocycles. The number of hydrogen-bond acceptors (Lipinski definition) is 3. The highest BCUT2D eigenvalue weighted by Crippen LogP contribution is 2.48. The van der Waals surface area contributed by atoms with Gasteiger partial charge in [-0.05, 0) is 80.7 Å². The van der Waals surface area contributed by atoms with Crippen LogP contribution in [0.15, 0.2) is 0 Å². The van der Waals surface area contributed by atoms with Crippen molar-refractivity contribution < 1.29 is 4.74 Å². The summed E-state index contributed by atoms with van der Waals surface area (Å²) in [4.78, 5) is 0. The van der Waals surface area contributed by atoms with E-state index in [1.807, 2.05) is 0 Å². The Hall–Kier alpha value is 0.270. The van der Waals surface area contributed by atoms with E-state index in [-0.39, 0.29) is 5.60 Å². The molecule has 2 aliphatic heterocycles. The topological polar surface area (TPSA) is 21.3 Å². The Morgan fingerprint density at radius 3 is 2.75 bits per heavy atom. The van der Waals surface area contributed by atoms with Gasteiger partial charge >= 0.3 is 0 Å². The van der Waals surface area contributed by atoms with Crippen molar-refractivity contribution in [2.75, 3.05) is 24.7 Å². The lowest BCUT2D eigenvalue weighted by Gasteiger charge is -2.44. The van der Waals surface area contributed by atoms with E-state index in [1.54, 1.807) is 6.42 Å². The van der Waals surface area contributed by atoms with Gasteiger partial charge in [0.15, 0.2) is 0 Å². The minimum atomic E-state index is 0.246. The highest BCUT2D eigenvalue weighted by atomic mass is 32.2. The number of nitrogens with one attached hydrogen (secondary N) is 1. The van der Waals surface area contributed by atoms with Crippen LogP contribution in [0.25, 0.3) is 0 Å². The molecule has 2 bridgehead atoms. The van der Waals surface area contributed by atoms with E-state index in [2.05, 4.69) is 17.1 Å². The van der Waals surface area contributed by atoms with Crippen LogP contribution in [0.1, 0.15) is 51.4 Å². The molecule has 2 nitrogen and oxygen atoms in total. The van der Waals surface area contributed by atoms with Crippen molar-refractivity contribution >= 4 is 11.8 Å². The first-order valence-electron chi connectivity index (χ1n) is 8.78. The molecule has 114 valence electrons. The first-order chi connectivity index (χ1) is 9.83. The van der Waals surface area contributed by atoms with Gasteiger partial charge in [0, 0.05) is 12.6 Å². The average molecular weight is 295 g/mol. The number of rotatable bonds is 3. The third kappa shape index (κ3) is 2.78. The number of ether oxygens (including phenoxy) is 1. The molecular weight excluding hydrogens is 266 g/mol. The molecule has 4 rings (SSSR count). The lowest BCUT2D eigenvalue weighted by molar-refractivity contribution is -0.0935. The molecule has 4 unspecified atom stereocenters. The van der Waals surface area contributed by atoms with Crippen LogP contribution in [-0.2, 0) is 4.74 Å². The maximum Gasteiger partial charge on any atom is 0.0713 e. The van der Waals surface area contributed by atoms with E-state index >= 15 is 0 Å². The number of fused-ring (bicyclic) bond motifs is 2. The van der Waals surface area contributed by atoms with Crippen LogP contribution in [0.4, 0.5) is 0 Å². The summed E-state index contributed by atoms with van der Waals surface area (Å²) in [5.74, 6) is 5.75. The van der Waals surface area contributed by atoms with Crippen molar-refractivity contribution in [3.63, 3.8) is 0 Å². The average Bonchev–Trinajstić information content (AvgIpc) is 3.09. The highest BCUT2D eigenvalue weighted by Gasteiger charge is 2.41. The van der Waals surface area contributed by atoms with Crippen LogP contribution in [0.5, 0.6) is 0 Å². The summed E-state index contributed by atoms with van der Waals surface area (Å²) in [7, 11) is 0. The summed E-state index contributed by atoms with van der Waals surface area (Å²) in [6.45, 7) is 2.27. The second kappa shape index (κ2) is 5.81. The van der Waals surface area contributed by atoms with Gasteiger partial charge in [0.25, 0.3) is 0 Å². The van der Waals surface area contributed by atoms with Crippen LogP contribution < -0.4 is 5.32 Å². The third-order valence-corrected chi connectivity index (χ3v) is 7.44. The summed E-state index contributed by atoms with van der Waals surface area (Å²) in [5.41, 5.74) is 0.246. The van der Waals surface area contributed by atoms with E-state index in [0.29, 0.717) is 0 Å². The van der Waals surface area contributed by atoms with E-state index in [9.17, 15) is 0 Å². The third-order valence-electron chi connectivity index (χ3n) is 6.45. The molecule has 0 amide bonds. The van der Waals surface area contributed by atoms with Crippen molar-refractivity contribution in [2.24, 2.45) is 17.8 Å². The minimum Gasteiger partial charge on any atom is -0.375 e. The molecule has 1 N–H and O–H groups in total. The molecule has 20 heavy (non-hydrogen) atoms. The van der Waals surface area contributed by atoms with Gasteiger partial charge in [-0.15, -0.1) is 0 Å². The van der Waals surface area contributed by atoms with E-state index in [4.69, 9.17) is 4.74 Å². The van der Waals surface area contributed by atoms with Gasteiger partial charge in [-0.1, -0.05) is 6.42 Å². The largest absolute Gasteiger partial charge is 0.375 e. The standard InChI is InChI=1S/C17H29NOS/c1-2-14-9-13(1)10-15(14)12-18-16-3-6-19-17(11-16)4-7-20-8-5-17/h13-16,18H,1-12H2. The second-order valence-electron chi connectivity index (χ2n) is 7.68. The van der Waals surface area contributed by atoms with Crippen LogP contribution in [0.3, 0.4) is 0 Å². The minimum absolute atomic E-state index is 0.246. The molecule has 0 aromatic rings. The zero-order valence-corrected chi connectivity index (χ0v) is 13.4. The van der Waals surface area contributed by atoms with Crippen molar-refractivity contribution in [1.82, 2.24) is 5.32 Å². The molecule has 0 radical (unpaired) electrons. The molecule has 2 heterocycles. The Bertz CT molecular complexity index is 336. The lowest BCUT2D eigenvalue weighted by Crippen LogP contribution is -2.49. The van der Waals surface area contributed by atoms with E-state index in [1.165, 1.54) is 63.0 Å². The molecule has 4 aliphatic rings. The predicted octanol–water partition coefficient (Wildman–Crippen LogP) is 3.46. The summed E-state index contributed by atoms with van der Waals surface area (Å²) in [5, 5.41) is 3.93. The van der Waals surface area contributed by atoms with E-state index < -0.39 is 0 Å². The Morgan fingerprint density at radius 2 is 2.00 bits per heavy atom. The molecule has 0 aromatic carbocycles. The van der Waals surface area contributed by atoms with Crippen LogP contribution in [-0.4, -0.2) is 36.3 Å². The van der Waals surface area contributed by atoms with Gasteiger partial charge in [-0.3, -0.25) is 0 Å². The van der Waals surface area contributed by atoms with Crippen molar-refractivity contribution in [1.29, 1.82) is 0 Å². The molecule has 4 fully saturated rings. The molecule has 3 heteroatoms. The van der Waals surface area contributed by atoms with Crippen molar-refractivity contribution in [2.45, 2.75) is 63.0 Å². The Kier molecular flexibility index (Phi) is 4.04. The molecule has 2 saturated carbocycles. The lowest BCUT2D eigenvalue weighted by atomic mass is 9.84. The van der Waals surface area contributed by atoms with Gasteiger partial charge in [0.1, 0.15) is 0 Å². The van der Waals surface area contributed by atoms with Gasteiger partial charge in [-0.2, -0.15) is 11.8 Å². The second-order valence-corrected chi connectivity index (χ2v) is 8.90. The van der Waals surface area contributed by atoms with Crippen LogP contribution >= 0.6 is 11.8 Å². The molecule has 0 aromatic heterocycles. The van der Waals surface area contributed by atoms with Gasteiger partial charge < -0.3 is 10.1 Å². The van der Waals surface area contributed by atoms with Gasteiger partial charge in [0.05, 0.1) is 5.60 Å². The van der Waals surface area contributed by atoms with Gasteiger partial charge in [-0.25, -0.2) is 0 Å². The summed E-state index contributed by atoms with van der Waals surface area (Å²) in [6, 6.07) is 0.728. The fraction of sp³-hybridized carbons (Fsp3) is 1.00. The van der Waals surface area contributed by atoms with Crippen LogP contribution in [0, 0.1) is 17.8 Å². The quantitative estimate of drug-likeness (QED) is 0.861. The molecular formula is C17H29NOS. The van der Waals surface area contributed by atoms with E-state index in [0.717, 1.165) is 30.4 Å². The maximum absolute atomic E-state index is 6.20. The zero-order chi connectivity index (χ0) is 13.4. The highest BCUT2D eigenvalue weighted by molar-refractivity contribution is 7.99. The number of thioether (sulfide) groups is 1. The normalized spacial score (nSPS) is 43.2. The number of hydrogen-bond donors (Lipinski definition) is 1. The molecule has 4 atom stereocenters. The monoisotopic (exact) mass is 295 g/mol. The summed E-state index contributed by atoms with van der Waals surface area (Å²) < 4.78 is 6.20.